The molecule has 0 amide bonds. The average molecular weight is 462 g/mol. The molecule has 4 N–H and O–H groups in total. The molecule has 1 aromatic heterocycles. The molecule has 3 aromatic rings. The SMILES string of the molecule is NCCN1CCN(c2nc(-c3cccc(O)c3)nc(N3CCc4ccccc4[C@@H]3CO)n2)CC1. The molecule has 2 aliphatic rings. The number of aliphatic hydroxyl groups is 1. The molecule has 9 heteroatoms. The van der Waals surface area contributed by atoms with Crippen LogP contribution >= 0.6 is 0 Å². The number of aromatic nitrogens is 3. The van der Waals surface area contributed by atoms with E-state index in [1.54, 1.807) is 18.2 Å². The van der Waals surface area contributed by atoms with Gasteiger partial charge in [-0.15, -0.1) is 0 Å². The zero-order valence-corrected chi connectivity index (χ0v) is 19.2. The molecule has 1 fully saturated rings. The molecule has 2 aliphatic heterocycles. The van der Waals surface area contributed by atoms with E-state index < -0.39 is 0 Å². The molecule has 0 aliphatic carbocycles. The highest BCUT2D eigenvalue weighted by atomic mass is 16.3. The largest absolute Gasteiger partial charge is 0.508 e. The molecule has 0 radical (unpaired) electrons. The summed E-state index contributed by atoms with van der Waals surface area (Å²) in [5, 5.41) is 20.4. The molecule has 3 heterocycles. The van der Waals surface area contributed by atoms with Crippen molar-refractivity contribution in [2.45, 2.75) is 12.5 Å². The van der Waals surface area contributed by atoms with Crippen molar-refractivity contribution in [1.82, 2.24) is 19.9 Å². The Morgan fingerprint density at radius 1 is 0.912 bits per heavy atom. The number of nitrogens with zero attached hydrogens (tertiary/aromatic N) is 6. The quantitative estimate of drug-likeness (QED) is 0.501. The number of piperazine rings is 1. The highest BCUT2D eigenvalue weighted by Crippen LogP contribution is 2.33. The summed E-state index contributed by atoms with van der Waals surface area (Å²) in [7, 11) is 0. The molecule has 178 valence electrons. The Kier molecular flexibility index (Phi) is 6.57. The van der Waals surface area contributed by atoms with Crippen molar-refractivity contribution in [1.29, 1.82) is 0 Å². The number of anilines is 2. The topological polar surface area (TPSA) is 115 Å². The van der Waals surface area contributed by atoms with Crippen LogP contribution < -0.4 is 15.5 Å². The minimum Gasteiger partial charge on any atom is -0.508 e. The zero-order valence-electron chi connectivity index (χ0n) is 19.2. The van der Waals surface area contributed by atoms with E-state index in [1.165, 1.54) is 5.56 Å². The number of fused-ring (bicyclic) bond motifs is 1. The van der Waals surface area contributed by atoms with Crippen LogP contribution in [0.25, 0.3) is 11.4 Å². The lowest BCUT2D eigenvalue weighted by Gasteiger charge is -2.37. The summed E-state index contributed by atoms with van der Waals surface area (Å²) in [5.41, 5.74) is 8.81. The Morgan fingerprint density at radius 2 is 1.71 bits per heavy atom. The first-order chi connectivity index (χ1) is 16.7. The van der Waals surface area contributed by atoms with Gasteiger partial charge in [0.2, 0.25) is 11.9 Å². The van der Waals surface area contributed by atoms with E-state index in [4.69, 9.17) is 20.7 Å². The van der Waals surface area contributed by atoms with Gasteiger partial charge in [-0.05, 0) is 29.7 Å². The summed E-state index contributed by atoms with van der Waals surface area (Å²) in [4.78, 5) is 21.1. The van der Waals surface area contributed by atoms with Crippen LogP contribution in [-0.2, 0) is 6.42 Å². The smallest absolute Gasteiger partial charge is 0.231 e. The van der Waals surface area contributed by atoms with E-state index >= 15 is 0 Å². The standard InChI is InChI=1S/C25H31N7O2/c26-9-11-30-12-14-31(15-13-30)24-27-23(19-5-3-6-20(34)16-19)28-25(29-24)32-10-8-18-4-1-2-7-21(18)22(32)17-33/h1-7,16,22,33-34H,8-15,17,26H2/t22-/m0/s1. The number of benzene rings is 2. The predicted molar refractivity (Wildman–Crippen MR) is 132 cm³/mol. The van der Waals surface area contributed by atoms with Gasteiger partial charge >= 0.3 is 0 Å². The van der Waals surface area contributed by atoms with Crippen LogP contribution in [0.1, 0.15) is 17.2 Å². The van der Waals surface area contributed by atoms with E-state index in [9.17, 15) is 10.2 Å². The number of phenolic OH excluding ortho intramolecular Hbond substituents is 1. The molecule has 5 rings (SSSR count). The van der Waals surface area contributed by atoms with Crippen LogP contribution in [-0.4, -0.2) is 82.5 Å². The highest BCUT2D eigenvalue weighted by Gasteiger charge is 2.30. The van der Waals surface area contributed by atoms with Crippen LogP contribution in [0.2, 0.25) is 0 Å². The maximum atomic E-state index is 10.3. The summed E-state index contributed by atoms with van der Waals surface area (Å²) in [6.07, 6.45) is 0.854. The van der Waals surface area contributed by atoms with Gasteiger partial charge in [-0.25, -0.2) is 0 Å². The van der Waals surface area contributed by atoms with Crippen LogP contribution in [0.4, 0.5) is 11.9 Å². The summed E-state index contributed by atoms with van der Waals surface area (Å²) in [5.74, 6) is 1.83. The van der Waals surface area contributed by atoms with Crippen molar-refractivity contribution < 1.29 is 10.2 Å². The third-order valence-corrected chi connectivity index (χ3v) is 6.66. The maximum absolute atomic E-state index is 10.3. The van der Waals surface area contributed by atoms with Gasteiger partial charge in [-0.1, -0.05) is 36.4 Å². The zero-order chi connectivity index (χ0) is 23.5. The molecule has 0 saturated carbocycles. The van der Waals surface area contributed by atoms with Crippen molar-refractivity contribution in [2.24, 2.45) is 5.73 Å². The summed E-state index contributed by atoms with van der Waals surface area (Å²) < 4.78 is 0. The summed E-state index contributed by atoms with van der Waals surface area (Å²) >= 11 is 0. The van der Waals surface area contributed by atoms with E-state index in [1.807, 2.05) is 18.2 Å². The normalized spacial score (nSPS) is 18.7. The molecule has 9 nitrogen and oxygen atoms in total. The van der Waals surface area contributed by atoms with Gasteiger partial charge in [0.15, 0.2) is 5.82 Å². The first-order valence-electron chi connectivity index (χ1n) is 11.8. The number of phenols is 1. The third kappa shape index (κ3) is 4.54. The van der Waals surface area contributed by atoms with Gasteiger partial charge in [0.1, 0.15) is 5.75 Å². The second-order valence-corrected chi connectivity index (χ2v) is 8.77. The maximum Gasteiger partial charge on any atom is 0.231 e. The van der Waals surface area contributed by atoms with Crippen LogP contribution in [0.5, 0.6) is 5.75 Å². The van der Waals surface area contributed by atoms with Crippen molar-refractivity contribution in [3.05, 3.63) is 59.7 Å². The number of nitrogens with two attached hydrogens (primary N) is 1. The number of hydrogen-bond donors (Lipinski definition) is 3. The summed E-state index contributed by atoms with van der Waals surface area (Å²) in [6.45, 7) is 5.61. The van der Waals surface area contributed by atoms with E-state index in [0.29, 0.717) is 30.8 Å². The summed E-state index contributed by atoms with van der Waals surface area (Å²) in [6, 6.07) is 15.0. The van der Waals surface area contributed by atoms with E-state index in [0.717, 1.165) is 50.3 Å². The van der Waals surface area contributed by atoms with Gasteiger partial charge in [0, 0.05) is 51.4 Å². The molecule has 1 saturated heterocycles. The fourth-order valence-corrected chi connectivity index (χ4v) is 4.84. The van der Waals surface area contributed by atoms with Crippen molar-refractivity contribution in [2.75, 3.05) is 62.2 Å². The fraction of sp³-hybridized carbons (Fsp3) is 0.400. The van der Waals surface area contributed by atoms with Crippen molar-refractivity contribution in [3.63, 3.8) is 0 Å². The Labute approximate surface area is 199 Å². The lowest BCUT2D eigenvalue weighted by atomic mass is 9.93. The van der Waals surface area contributed by atoms with Gasteiger partial charge in [-0.2, -0.15) is 15.0 Å². The molecule has 0 spiro atoms. The Morgan fingerprint density at radius 3 is 2.47 bits per heavy atom. The lowest BCUT2D eigenvalue weighted by molar-refractivity contribution is 0.255. The number of aromatic hydroxyl groups is 1. The molecule has 34 heavy (non-hydrogen) atoms. The van der Waals surface area contributed by atoms with Gasteiger partial charge in [0.25, 0.3) is 0 Å². The Hall–Kier alpha value is -3.27. The monoisotopic (exact) mass is 461 g/mol. The van der Waals surface area contributed by atoms with Crippen LogP contribution in [0.15, 0.2) is 48.5 Å². The van der Waals surface area contributed by atoms with E-state index in [2.05, 4.69) is 26.8 Å². The first-order valence-corrected chi connectivity index (χ1v) is 11.8. The Balaban J connectivity index is 1.53. The number of hydrogen-bond acceptors (Lipinski definition) is 9. The molecule has 0 unspecified atom stereocenters. The Bertz CT molecular complexity index is 1130. The second kappa shape index (κ2) is 9.92. The van der Waals surface area contributed by atoms with Gasteiger partial charge in [0.05, 0.1) is 12.6 Å². The molecular weight excluding hydrogens is 430 g/mol. The second-order valence-electron chi connectivity index (χ2n) is 8.77. The molecule has 1 atom stereocenters. The lowest BCUT2D eigenvalue weighted by Crippen LogP contribution is -2.48. The molecule has 2 aromatic carbocycles. The minimum absolute atomic E-state index is 0.0305. The fourth-order valence-electron chi connectivity index (χ4n) is 4.84. The minimum atomic E-state index is -0.223. The third-order valence-electron chi connectivity index (χ3n) is 6.66. The first kappa shape index (κ1) is 22.5. The van der Waals surface area contributed by atoms with Crippen LogP contribution in [0.3, 0.4) is 0 Å². The van der Waals surface area contributed by atoms with Crippen molar-refractivity contribution in [3.8, 4) is 17.1 Å². The average Bonchev–Trinajstić information content (AvgIpc) is 2.88. The van der Waals surface area contributed by atoms with E-state index in [-0.39, 0.29) is 18.4 Å². The van der Waals surface area contributed by atoms with Crippen molar-refractivity contribution >= 4 is 11.9 Å². The number of aliphatic hydroxyl groups excluding tert-OH is 1. The molecule has 0 bridgehead atoms. The van der Waals surface area contributed by atoms with Gasteiger partial charge in [-0.3, -0.25) is 4.90 Å². The van der Waals surface area contributed by atoms with Gasteiger partial charge < -0.3 is 25.7 Å². The highest BCUT2D eigenvalue weighted by molar-refractivity contribution is 5.61. The van der Waals surface area contributed by atoms with Crippen LogP contribution in [0, 0.1) is 0 Å². The number of rotatable bonds is 6. The predicted octanol–water partition coefficient (Wildman–Crippen LogP) is 1.42. The molecular formula is C25H31N7O2.